The highest BCUT2D eigenvalue weighted by Gasteiger charge is 2.47. The molecule has 27 heavy (non-hydrogen) atoms. The van der Waals surface area contributed by atoms with Gasteiger partial charge in [-0.1, -0.05) is 18.1 Å². The van der Waals surface area contributed by atoms with Gasteiger partial charge in [-0.25, -0.2) is 0 Å². The van der Waals surface area contributed by atoms with E-state index in [1.165, 1.54) is 56.5 Å². The van der Waals surface area contributed by atoms with Crippen molar-refractivity contribution < 1.29 is 4.79 Å². The van der Waals surface area contributed by atoms with Gasteiger partial charge in [0.05, 0.1) is 6.04 Å². The number of nitrogens with one attached hydrogen (secondary N) is 1. The second kappa shape index (κ2) is 6.20. The zero-order chi connectivity index (χ0) is 18.0. The van der Waals surface area contributed by atoms with Crippen LogP contribution in [0.5, 0.6) is 0 Å². The van der Waals surface area contributed by atoms with Crippen LogP contribution in [0.25, 0.3) is 0 Å². The lowest BCUT2D eigenvalue weighted by molar-refractivity contribution is 0.00128. The third-order valence-corrected chi connectivity index (χ3v) is 7.93. The molecular formula is C22H30N4O. The number of piperidine rings is 3. The molecule has 0 saturated carbocycles. The van der Waals surface area contributed by atoms with Gasteiger partial charge in [0, 0.05) is 30.4 Å². The molecule has 2 bridgehead atoms. The summed E-state index contributed by atoms with van der Waals surface area (Å²) >= 11 is 0. The molecular weight excluding hydrogens is 336 g/mol. The molecule has 5 heteroatoms. The third-order valence-electron chi connectivity index (χ3n) is 7.93. The number of H-pyrrole nitrogens is 1. The van der Waals surface area contributed by atoms with E-state index in [2.05, 4.69) is 26.1 Å². The van der Waals surface area contributed by atoms with Gasteiger partial charge in [0.25, 0.3) is 5.91 Å². The molecule has 2 aliphatic carbocycles. The Morgan fingerprint density at radius 3 is 3.04 bits per heavy atom. The molecule has 0 radical (unpaired) electrons. The molecule has 3 saturated heterocycles. The number of carbonyl (C=O) groups is 1. The van der Waals surface area contributed by atoms with E-state index in [0.29, 0.717) is 12.0 Å². The van der Waals surface area contributed by atoms with E-state index in [9.17, 15) is 4.79 Å². The summed E-state index contributed by atoms with van der Waals surface area (Å²) < 4.78 is 0. The first kappa shape index (κ1) is 16.3. The van der Waals surface area contributed by atoms with E-state index in [-0.39, 0.29) is 5.91 Å². The molecule has 3 aliphatic heterocycles. The SMILES string of the molecule is O=C(c1n[nH]c2c1CCC2)N1CCCC2=C[C@H]3C[C@H](CN4CCCC[C@H]34)[C@H]21. The van der Waals surface area contributed by atoms with Crippen molar-refractivity contribution in [2.24, 2.45) is 11.8 Å². The Labute approximate surface area is 161 Å². The maximum atomic E-state index is 13.5. The number of aromatic amines is 1. The maximum Gasteiger partial charge on any atom is 0.275 e. The highest BCUT2D eigenvalue weighted by Crippen LogP contribution is 2.45. The number of fused-ring (bicyclic) bond motifs is 7. The normalized spacial score (nSPS) is 35.3. The Hall–Kier alpha value is -1.62. The van der Waals surface area contributed by atoms with Gasteiger partial charge >= 0.3 is 0 Å². The fraction of sp³-hybridized carbons (Fsp3) is 0.727. The van der Waals surface area contributed by atoms with Crippen LogP contribution >= 0.6 is 0 Å². The predicted molar refractivity (Wildman–Crippen MR) is 104 cm³/mol. The summed E-state index contributed by atoms with van der Waals surface area (Å²) in [4.78, 5) is 18.5. The summed E-state index contributed by atoms with van der Waals surface area (Å²) in [6.07, 6.45) is 13.5. The Morgan fingerprint density at radius 2 is 2.07 bits per heavy atom. The summed E-state index contributed by atoms with van der Waals surface area (Å²) in [6, 6.07) is 1.09. The van der Waals surface area contributed by atoms with Crippen LogP contribution in [0.2, 0.25) is 0 Å². The first-order valence-electron chi connectivity index (χ1n) is 11.1. The van der Waals surface area contributed by atoms with Crippen LogP contribution in [0.4, 0.5) is 0 Å². The first-order chi connectivity index (χ1) is 13.3. The highest BCUT2D eigenvalue weighted by molar-refractivity contribution is 5.94. The fourth-order valence-corrected chi connectivity index (χ4v) is 6.83. The highest BCUT2D eigenvalue weighted by atomic mass is 16.2. The average Bonchev–Trinajstić information content (AvgIpc) is 3.31. The maximum absolute atomic E-state index is 13.5. The molecule has 6 rings (SSSR count). The van der Waals surface area contributed by atoms with Crippen molar-refractivity contribution in [3.63, 3.8) is 0 Å². The van der Waals surface area contributed by atoms with E-state index < -0.39 is 0 Å². The predicted octanol–water partition coefficient (Wildman–Crippen LogP) is 2.93. The minimum Gasteiger partial charge on any atom is -0.330 e. The van der Waals surface area contributed by atoms with Crippen LogP contribution in [0.3, 0.4) is 0 Å². The summed E-state index contributed by atoms with van der Waals surface area (Å²) in [5.74, 6) is 1.52. The quantitative estimate of drug-likeness (QED) is 0.778. The lowest BCUT2D eigenvalue weighted by atomic mass is 9.68. The number of hydrogen-bond acceptors (Lipinski definition) is 3. The lowest BCUT2D eigenvalue weighted by Crippen LogP contribution is -2.60. The van der Waals surface area contributed by atoms with E-state index >= 15 is 0 Å². The van der Waals surface area contributed by atoms with Crippen LogP contribution in [0.15, 0.2) is 11.6 Å². The van der Waals surface area contributed by atoms with E-state index in [4.69, 9.17) is 0 Å². The van der Waals surface area contributed by atoms with E-state index in [1.807, 2.05) is 0 Å². The minimum atomic E-state index is 0.184. The van der Waals surface area contributed by atoms with Crippen molar-refractivity contribution in [3.8, 4) is 0 Å². The molecule has 0 aromatic carbocycles. The lowest BCUT2D eigenvalue weighted by Gasteiger charge is -2.54. The van der Waals surface area contributed by atoms with Gasteiger partial charge in [0.2, 0.25) is 0 Å². The molecule has 5 aliphatic rings. The zero-order valence-electron chi connectivity index (χ0n) is 16.1. The Balaban J connectivity index is 1.33. The number of amides is 1. The molecule has 5 nitrogen and oxygen atoms in total. The minimum absolute atomic E-state index is 0.184. The topological polar surface area (TPSA) is 52.2 Å². The van der Waals surface area contributed by atoms with Crippen molar-refractivity contribution in [1.29, 1.82) is 0 Å². The van der Waals surface area contributed by atoms with Crippen LogP contribution in [-0.4, -0.2) is 57.6 Å². The number of aryl methyl sites for hydroxylation is 1. The molecule has 1 amide bonds. The van der Waals surface area contributed by atoms with Gasteiger partial charge in [0.15, 0.2) is 5.69 Å². The van der Waals surface area contributed by atoms with Gasteiger partial charge in [-0.3, -0.25) is 14.8 Å². The second-order valence-corrected chi connectivity index (χ2v) is 9.39. The number of aromatic nitrogens is 2. The van der Waals surface area contributed by atoms with Crippen molar-refractivity contribution in [3.05, 3.63) is 28.6 Å². The van der Waals surface area contributed by atoms with Gasteiger partial charge in [-0.05, 0) is 69.7 Å². The molecule has 144 valence electrons. The van der Waals surface area contributed by atoms with E-state index in [0.717, 1.165) is 49.9 Å². The van der Waals surface area contributed by atoms with Gasteiger partial charge in [-0.15, -0.1) is 0 Å². The van der Waals surface area contributed by atoms with Crippen molar-refractivity contribution in [2.45, 2.75) is 69.9 Å². The summed E-state index contributed by atoms with van der Waals surface area (Å²) in [6.45, 7) is 3.34. The summed E-state index contributed by atoms with van der Waals surface area (Å²) in [5.41, 5.74) is 4.68. The average molecular weight is 367 g/mol. The molecule has 4 heterocycles. The zero-order valence-corrected chi connectivity index (χ0v) is 16.1. The number of rotatable bonds is 1. The molecule has 1 N–H and O–H groups in total. The Bertz CT molecular complexity index is 796. The van der Waals surface area contributed by atoms with Crippen LogP contribution in [0.1, 0.15) is 66.7 Å². The van der Waals surface area contributed by atoms with Gasteiger partial charge in [0.1, 0.15) is 0 Å². The monoisotopic (exact) mass is 366 g/mol. The van der Waals surface area contributed by atoms with Crippen LogP contribution in [-0.2, 0) is 12.8 Å². The first-order valence-corrected chi connectivity index (χ1v) is 11.1. The number of nitrogens with zero attached hydrogens (tertiary/aromatic N) is 3. The standard InChI is InChI=1S/C22H30N4O/c27-22(20-17-6-3-7-18(17)23-24-20)26-10-4-5-14-11-15-12-16(21(14)26)13-25-9-2-1-8-19(15)25/h11,15-16,19,21H,1-10,12-13H2,(H,23,24)/t15-,16+,19+,21-/m0/s1. The second-order valence-electron chi connectivity index (χ2n) is 9.39. The smallest absolute Gasteiger partial charge is 0.275 e. The van der Waals surface area contributed by atoms with Crippen LogP contribution in [0, 0.1) is 11.8 Å². The largest absolute Gasteiger partial charge is 0.330 e. The number of hydrogen-bond donors (Lipinski definition) is 1. The molecule has 4 atom stereocenters. The fourth-order valence-electron chi connectivity index (χ4n) is 6.83. The molecule has 0 spiro atoms. The summed E-state index contributed by atoms with van der Waals surface area (Å²) in [5, 5.41) is 7.59. The van der Waals surface area contributed by atoms with Crippen molar-refractivity contribution in [1.82, 2.24) is 20.0 Å². The summed E-state index contributed by atoms with van der Waals surface area (Å²) in [7, 11) is 0. The number of likely N-dealkylation sites (tertiary alicyclic amines) is 1. The Morgan fingerprint density at radius 1 is 1.11 bits per heavy atom. The molecule has 1 aromatic rings. The van der Waals surface area contributed by atoms with Gasteiger partial charge in [-0.2, -0.15) is 5.10 Å². The van der Waals surface area contributed by atoms with E-state index in [1.54, 1.807) is 5.57 Å². The van der Waals surface area contributed by atoms with Crippen molar-refractivity contribution >= 4 is 5.91 Å². The third kappa shape index (κ3) is 2.47. The molecule has 3 fully saturated rings. The number of carbonyl (C=O) groups excluding carboxylic acids is 1. The Kier molecular flexibility index (Phi) is 3.75. The van der Waals surface area contributed by atoms with Gasteiger partial charge < -0.3 is 4.90 Å². The molecule has 1 aromatic heterocycles. The molecule has 0 unspecified atom stereocenters. The van der Waals surface area contributed by atoms with Crippen molar-refractivity contribution in [2.75, 3.05) is 19.6 Å². The van der Waals surface area contributed by atoms with Crippen LogP contribution < -0.4 is 0 Å².